The van der Waals surface area contributed by atoms with Crippen molar-refractivity contribution in [1.29, 1.82) is 0 Å². The van der Waals surface area contributed by atoms with Crippen LogP contribution in [0.3, 0.4) is 0 Å². The van der Waals surface area contributed by atoms with Gasteiger partial charge in [0.1, 0.15) is 0 Å². The molecule has 0 saturated heterocycles. The van der Waals surface area contributed by atoms with Gasteiger partial charge in [-0.2, -0.15) is 0 Å². The van der Waals surface area contributed by atoms with Crippen LogP contribution in [0.1, 0.15) is 19.3 Å². The summed E-state index contributed by atoms with van der Waals surface area (Å²) in [4.78, 5) is 10.1. The molecule has 0 aliphatic heterocycles. The molecule has 0 heterocycles. The van der Waals surface area contributed by atoms with E-state index in [1.807, 2.05) is 0 Å². The molecule has 1 rings (SSSR count). The zero-order valence-corrected chi connectivity index (χ0v) is 6.56. The second-order valence-corrected chi connectivity index (χ2v) is 3.09. The van der Waals surface area contributed by atoms with Crippen molar-refractivity contribution in [3.05, 3.63) is 0 Å². The summed E-state index contributed by atoms with van der Waals surface area (Å²) in [5.41, 5.74) is 4.69. The Kier molecular flexibility index (Phi) is 2.49. The van der Waals surface area contributed by atoms with Crippen molar-refractivity contribution in [3.8, 4) is 0 Å². The molecule has 2 N–H and O–H groups in total. The lowest BCUT2D eigenvalue weighted by atomic mass is 10.1. The van der Waals surface area contributed by atoms with Gasteiger partial charge in [-0.1, -0.05) is 0 Å². The predicted octanol–water partition coefficient (Wildman–Crippen LogP) is 1.52. The van der Waals surface area contributed by atoms with Gasteiger partial charge in [-0.25, -0.2) is 13.6 Å². The van der Waals surface area contributed by atoms with E-state index in [9.17, 15) is 13.6 Å². The number of nitrogens with two attached hydrogens (primary N) is 1. The summed E-state index contributed by atoms with van der Waals surface area (Å²) in [6, 6.07) is 0. The third-order valence-corrected chi connectivity index (χ3v) is 1.97. The number of carbonyl (C=O) groups is 1. The van der Waals surface area contributed by atoms with E-state index in [1.165, 1.54) is 0 Å². The smallest absolute Gasteiger partial charge is 0.404 e. The van der Waals surface area contributed by atoms with Crippen LogP contribution in [0.15, 0.2) is 0 Å². The average Bonchev–Trinajstić information content (AvgIpc) is 2.26. The van der Waals surface area contributed by atoms with Crippen LogP contribution >= 0.6 is 0 Å². The molecule has 0 unspecified atom stereocenters. The Labute approximate surface area is 68.9 Å². The monoisotopic (exact) mass is 179 g/mol. The number of ether oxygens (including phenoxy) is 1. The zero-order chi connectivity index (χ0) is 9.19. The number of alkyl halides is 2. The second-order valence-electron chi connectivity index (χ2n) is 3.09. The lowest BCUT2D eigenvalue weighted by molar-refractivity contribution is 0.00167. The van der Waals surface area contributed by atoms with E-state index >= 15 is 0 Å². The van der Waals surface area contributed by atoms with Crippen molar-refractivity contribution in [3.63, 3.8) is 0 Å². The van der Waals surface area contributed by atoms with E-state index in [0.29, 0.717) is 6.42 Å². The largest absolute Gasteiger partial charge is 0.449 e. The van der Waals surface area contributed by atoms with Crippen LogP contribution in [0.4, 0.5) is 13.6 Å². The fourth-order valence-electron chi connectivity index (χ4n) is 1.38. The molecule has 0 aromatic rings. The van der Waals surface area contributed by atoms with E-state index in [0.717, 1.165) is 0 Å². The standard InChI is InChI=1S/C7H11F2NO2/c8-7(9)2-1-5(3-7)4-12-6(10)11/h5H,1-4H2,(H2,10,11)/t5-/m1/s1. The molecule has 0 aromatic heterocycles. The number of hydrogen-bond donors (Lipinski definition) is 1. The number of hydrogen-bond acceptors (Lipinski definition) is 2. The second kappa shape index (κ2) is 3.25. The molecule has 0 aromatic carbocycles. The molecule has 0 radical (unpaired) electrons. The van der Waals surface area contributed by atoms with Crippen molar-refractivity contribution in [2.75, 3.05) is 6.61 Å². The first-order chi connectivity index (χ1) is 5.49. The van der Waals surface area contributed by atoms with Crippen molar-refractivity contribution in [1.82, 2.24) is 0 Å². The number of primary amides is 1. The molecule has 12 heavy (non-hydrogen) atoms. The quantitative estimate of drug-likeness (QED) is 0.698. The Balaban J connectivity index is 2.24. The zero-order valence-electron chi connectivity index (χ0n) is 6.56. The first-order valence-electron chi connectivity index (χ1n) is 3.80. The third kappa shape index (κ3) is 2.64. The summed E-state index contributed by atoms with van der Waals surface area (Å²) in [6.45, 7) is 0.0188. The van der Waals surface area contributed by atoms with E-state index in [2.05, 4.69) is 10.5 Å². The molecule has 1 aliphatic carbocycles. The summed E-state index contributed by atoms with van der Waals surface area (Å²) in [5.74, 6) is -2.81. The van der Waals surface area contributed by atoms with Gasteiger partial charge in [0.15, 0.2) is 0 Å². The fraction of sp³-hybridized carbons (Fsp3) is 0.857. The van der Waals surface area contributed by atoms with Crippen LogP contribution in [0.25, 0.3) is 0 Å². The minimum Gasteiger partial charge on any atom is -0.449 e. The summed E-state index contributed by atoms with van der Waals surface area (Å²) >= 11 is 0. The Morgan fingerprint density at radius 1 is 1.67 bits per heavy atom. The van der Waals surface area contributed by atoms with Crippen molar-refractivity contribution in [2.45, 2.75) is 25.2 Å². The molecule has 5 heteroatoms. The SMILES string of the molecule is NC(=O)OC[C@@H]1CCC(F)(F)C1. The molecule has 70 valence electrons. The fourth-order valence-corrected chi connectivity index (χ4v) is 1.38. The van der Waals surface area contributed by atoms with Gasteiger partial charge in [-0.15, -0.1) is 0 Å². The van der Waals surface area contributed by atoms with Gasteiger partial charge in [0.2, 0.25) is 5.92 Å². The van der Waals surface area contributed by atoms with Crippen molar-refractivity contribution >= 4 is 6.09 Å². The average molecular weight is 179 g/mol. The maximum atomic E-state index is 12.5. The van der Waals surface area contributed by atoms with Crippen LogP contribution in [0.5, 0.6) is 0 Å². The summed E-state index contributed by atoms with van der Waals surface area (Å²) in [5, 5.41) is 0. The van der Waals surface area contributed by atoms with Crippen LogP contribution in [0, 0.1) is 5.92 Å². The summed E-state index contributed by atoms with van der Waals surface area (Å²) in [6.07, 6.45) is -0.800. The number of halogens is 2. The van der Waals surface area contributed by atoms with E-state index in [4.69, 9.17) is 0 Å². The van der Waals surface area contributed by atoms with Crippen molar-refractivity contribution < 1.29 is 18.3 Å². The Morgan fingerprint density at radius 2 is 2.33 bits per heavy atom. The van der Waals surface area contributed by atoms with E-state index < -0.39 is 12.0 Å². The minimum absolute atomic E-state index is 0.0188. The van der Waals surface area contributed by atoms with Gasteiger partial charge in [-0.3, -0.25) is 0 Å². The number of carbonyl (C=O) groups excluding carboxylic acids is 1. The predicted molar refractivity (Wildman–Crippen MR) is 37.8 cm³/mol. The van der Waals surface area contributed by atoms with Gasteiger partial charge in [0.05, 0.1) is 6.61 Å². The normalized spacial score (nSPS) is 27.0. The topological polar surface area (TPSA) is 52.3 Å². The van der Waals surface area contributed by atoms with Crippen molar-refractivity contribution in [2.24, 2.45) is 11.7 Å². The first kappa shape index (κ1) is 9.22. The molecule has 0 spiro atoms. The highest BCUT2D eigenvalue weighted by atomic mass is 19.3. The third-order valence-electron chi connectivity index (χ3n) is 1.97. The number of amides is 1. The highest BCUT2D eigenvalue weighted by molar-refractivity contribution is 5.64. The van der Waals surface area contributed by atoms with Gasteiger partial charge in [-0.05, 0) is 12.3 Å². The summed E-state index contributed by atoms with van der Waals surface area (Å²) < 4.78 is 29.5. The molecule has 3 nitrogen and oxygen atoms in total. The molecule has 1 saturated carbocycles. The molecular weight excluding hydrogens is 168 g/mol. The lowest BCUT2D eigenvalue weighted by Gasteiger charge is -2.09. The Hall–Kier alpha value is -0.870. The van der Waals surface area contributed by atoms with E-state index in [1.54, 1.807) is 0 Å². The van der Waals surface area contributed by atoms with Crippen LogP contribution in [0.2, 0.25) is 0 Å². The van der Waals surface area contributed by atoms with Gasteiger partial charge in [0, 0.05) is 12.8 Å². The van der Waals surface area contributed by atoms with Crippen LogP contribution in [-0.4, -0.2) is 18.6 Å². The lowest BCUT2D eigenvalue weighted by Crippen LogP contribution is -2.18. The van der Waals surface area contributed by atoms with Crippen LogP contribution < -0.4 is 5.73 Å². The molecule has 1 fully saturated rings. The summed E-state index contributed by atoms with van der Waals surface area (Å²) in [7, 11) is 0. The highest BCUT2D eigenvalue weighted by Gasteiger charge is 2.39. The van der Waals surface area contributed by atoms with Gasteiger partial charge in [0.25, 0.3) is 0 Å². The molecule has 0 bridgehead atoms. The molecule has 1 atom stereocenters. The van der Waals surface area contributed by atoms with Gasteiger partial charge < -0.3 is 10.5 Å². The Morgan fingerprint density at radius 3 is 2.75 bits per heavy atom. The molecule has 1 amide bonds. The van der Waals surface area contributed by atoms with E-state index in [-0.39, 0.29) is 25.4 Å². The molecular formula is C7H11F2NO2. The first-order valence-corrected chi connectivity index (χ1v) is 3.80. The van der Waals surface area contributed by atoms with Crippen LogP contribution in [-0.2, 0) is 4.74 Å². The van der Waals surface area contributed by atoms with Gasteiger partial charge >= 0.3 is 6.09 Å². The molecule has 1 aliphatic rings. The Bertz CT molecular complexity index is 184. The highest BCUT2D eigenvalue weighted by Crippen LogP contribution is 2.38. The minimum atomic E-state index is -2.58. The maximum Gasteiger partial charge on any atom is 0.404 e. The number of rotatable bonds is 2. The maximum absolute atomic E-state index is 12.5.